The van der Waals surface area contributed by atoms with Crippen LogP contribution in [0, 0.1) is 17.2 Å². The van der Waals surface area contributed by atoms with E-state index in [4.69, 9.17) is 9.47 Å². The Balaban J connectivity index is 0.948. The Kier molecular flexibility index (Phi) is 6.34. The van der Waals surface area contributed by atoms with Gasteiger partial charge >= 0.3 is 0 Å². The summed E-state index contributed by atoms with van der Waals surface area (Å²) in [5, 5.41) is 12.4. The van der Waals surface area contributed by atoms with Crippen molar-refractivity contribution in [3.63, 3.8) is 0 Å². The fraction of sp³-hybridized carbons (Fsp3) is 0.323. The van der Waals surface area contributed by atoms with E-state index < -0.39 is 23.0 Å². The van der Waals surface area contributed by atoms with Crippen LogP contribution >= 0.6 is 0 Å². The average molecular weight is 556 g/mol. The summed E-state index contributed by atoms with van der Waals surface area (Å²) in [6, 6.07) is 15.9. The number of pyridine rings is 1. The summed E-state index contributed by atoms with van der Waals surface area (Å²) in [5.74, 6) is 1.96. The maximum atomic E-state index is 13.2. The molecule has 0 spiro atoms. The number of hydrogen-bond donors (Lipinski definition) is 4. The number of nitrogens with zero attached hydrogens (tertiary/aromatic N) is 1. The molecular formula is C31H30FN5O4. The lowest BCUT2D eigenvalue weighted by Gasteiger charge is -2.21. The van der Waals surface area contributed by atoms with Crippen LogP contribution < -0.4 is 30.7 Å². The zero-order valence-corrected chi connectivity index (χ0v) is 22.3. The molecule has 2 saturated carbocycles. The molecule has 0 bridgehead atoms. The minimum atomic E-state index is -1.16. The minimum absolute atomic E-state index is 0.318. The summed E-state index contributed by atoms with van der Waals surface area (Å²) in [6.45, 7) is 1.28. The molecule has 3 heterocycles. The molecule has 4 N–H and O–H groups in total. The van der Waals surface area contributed by atoms with Crippen LogP contribution in [0.1, 0.15) is 31.2 Å². The molecule has 1 aromatic heterocycles. The summed E-state index contributed by atoms with van der Waals surface area (Å²) < 4.78 is 25.3. The van der Waals surface area contributed by atoms with Gasteiger partial charge in [0, 0.05) is 41.6 Å². The van der Waals surface area contributed by atoms with E-state index in [0.29, 0.717) is 61.1 Å². The Bertz CT molecular complexity index is 1510. The first-order valence-corrected chi connectivity index (χ1v) is 13.9. The summed E-state index contributed by atoms with van der Waals surface area (Å²) in [4.78, 5) is 30.1. The minimum Gasteiger partial charge on any atom is -0.492 e. The number of benzene rings is 2. The molecule has 2 aliphatic carbocycles. The van der Waals surface area contributed by atoms with Crippen LogP contribution in [0.5, 0.6) is 11.5 Å². The summed E-state index contributed by atoms with van der Waals surface area (Å²) >= 11 is 0. The summed E-state index contributed by atoms with van der Waals surface area (Å²) in [7, 11) is 0. The molecule has 2 aromatic carbocycles. The number of hydrogen-bond acceptors (Lipinski definition) is 7. The lowest BCUT2D eigenvalue weighted by atomic mass is 10.0. The molecular weight excluding hydrogens is 525 g/mol. The molecule has 10 heteroatoms. The number of nitrogens with one attached hydrogen (secondary N) is 4. The monoisotopic (exact) mass is 555 g/mol. The van der Waals surface area contributed by atoms with Gasteiger partial charge in [0.15, 0.2) is 0 Å². The lowest BCUT2D eigenvalue weighted by Crippen LogP contribution is -2.35. The molecule has 210 valence electrons. The van der Waals surface area contributed by atoms with E-state index in [1.807, 2.05) is 24.3 Å². The molecule has 0 radical (unpaired) electrons. The van der Waals surface area contributed by atoms with Crippen LogP contribution in [0.15, 0.2) is 66.9 Å². The highest BCUT2D eigenvalue weighted by Crippen LogP contribution is 2.47. The second kappa shape index (κ2) is 10.2. The third-order valence-corrected chi connectivity index (χ3v) is 8.17. The highest BCUT2D eigenvalue weighted by molar-refractivity contribution is 6.16. The predicted octanol–water partition coefficient (Wildman–Crippen LogP) is 4.55. The molecule has 1 saturated heterocycles. The zero-order valence-electron chi connectivity index (χ0n) is 22.3. The van der Waals surface area contributed by atoms with Gasteiger partial charge in [-0.25, -0.2) is 9.37 Å². The Morgan fingerprint density at radius 1 is 1.00 bits per heavy atom. The van der Waals surface area contributed by atoms with E-state index in [9.17, 15) is 14.0 Å². The lowest BCUT2D eigenvalue weighted by molar-refractivity contribution is -0.131. The van der Waals surface area contributed by atoms with Crippen molar-refractivity contribution in [2.75, 3.05) is 29.1 Å². The van der Waals surface area contributed by atoms with Gasteiger partial charge in [-0.3, -0.25) is 9.59 Å². The van der Waals surface area contributed by atoms with Crippen molar-refractivity contribution < 1.29 is 23.5 Å². The van der Waals surface area contributed by atoms with Crippen LogP contribution in [-0.2, 0) is 9.59 Å². The number of halogens is 1. The Morgan fingerprint density at radius 3 is 2.54 bits per heavy atom. The van der Waals surface area contributed by atoms with Crippen LogP contribution in [0.4, 0.5) is 21.6 Å². The molecule has 3 fully saturated rings. The van der Waals surface area contributed by atoms with Gasteiger partial charge in [0.05, 0.1) is 6.20 Å². The maximum absolute atomic E-state index is 13.2. The van der Waals surface area contributed by atoms with Gasteiger partial charge in [0.2, 0.25) is 11.8 Å². The van der Waals surface area contributed by atoms with Crippen molar-refractivity contribution in [3.05, 3.63) is 78.3 Å². The number of carbonyl (C=O) groups is 2. The number of fused-ring (bicyclic) bond motifs is 2. The van der Waals surface area contributed by atoms with Crippen molar-refractivity contribution in [3.8, 4) is 11.5 Å². The third-order valence-electron chi connectivity index (χ3n) is 8.17. The second-order valence-electron chi connectivity index (χ2n) is 11.1. The molecule has 3 atom stereocenters. The normalized spacial score (nSPS) is 22.8. The van der Waals surface area contributed by atoms with Gasteiger partial charge in [0.25, 0.3) is 0 Å². The predicted molar refractivity (Wildman–Crippen MR) is 152 cm³/mol. The first-order valence-electron chi connectivity index (χ1n) is 13.9. The molecule has 4 aliphatic rings. The average Bonchev–Trinajstić information content (AvgIpc) is 3.91. The number of ether oxygens (including phenoxy) is 2. The van der Waals surface area contributed by atoms with E-state index in [-0.39, 0.29) is 0 Å². The summed E-state index contributed by atoms with van der Waals surface area (Å²) in [6.07, 6.45) is 6.86. The zero-order chi connectivity index (χ0) is 28.0. The third kappa shape index (κ3) is 5.35. The number of anilines is 3. The SMILES string of the molecule is O=C(Nc1ccc(F)cc1)C1(C(=O)Nc2ccc(OC3=CCNc4cc(OCC5CC6CC6N5)ccc43)cn2)CC1. The molecule has 2 amide bonds. The smallest absolute Gasteiger partial charge is 0.241 e. The molecule has 3 aromatic rings. The fourth-order valence-electron chi connectivity index (χ4n) is 5.54. The fourth-order valence-corrected chi connectivity index (χ4v) is 5.54. The maximum Gasteiger partial charge on any atom is 0.241 e. The quantitative estimate of drug-likeness (QED) is 0.287. The Hall–Kier alpha value is -4.44. The van der Waals surface area contributed by atoms with Crippen LogP contribution in [0.25, 0.3) is 5.76 Å². The van der Waals surface area contributed by atoms with E-state index in [2.05, 4.69) is 26.3 Å². The van der Waals surface area contributed by atoms with Crippen molar-refractivity contribution in [2.45, 2.75) is 37.8 Å². The second-order valence-corrected chi connectivity index (χ2v) is 11.1. The van der Waals surface area contributed by atoms with Crippen molar-refractivity contribution in [1.82, 2.24) is 10.3 Å². The van der Waals surface area contributed by atoms with Gasteiger partial charge in [-0.05, 0) is 86.2 Å². The number of aromatic nitrogens is 1. The van der Waals surface area contributed by atoms with E-state index in [1.165, 1.54) is 43.3 Å². The highest BCUT2D eigenvalue weighted by atomic mass is 19.1. The van der Waals surface area contributed by atoms with E-state index in [0.717, 1.165) is 22.9 Å². The van der Waals surface area contributed by atoms with Gasteiger partial charge in [0.1, 0.15) is 40.9 Å². The van der Waals surface area contributed by atoms with Gasteiger partial charge < -0.3 is 30.7 Å². The molecule has 9 nitrogen and oxygen atoms in total. The molecule has 7 rings (SSSR count). The number of rotatable bonds is 9. The van der Waals surface area contributed by atoms with Gasteiger partial charge in [-0.1, -0.05) is 0 Å². The van der Waals surface area contributed by atoms with Crippen LogP contribution in [0.2, 0.25) is 0 Å². The topological polar surface area (TPSA) is 114 Å². The van der Waals surface area contributed by atoms with E-state index in [1.54, 1.807) is 12.1 Å². The molecule has 2 aliphatic heterocycles. The van der Waals surface area contributed by atoms with E-state index >= 15 is 0 Å². The molecule has 41 heavy (non-hydrogen) atoms. The van der Waals surface area contributed by atoms with Gasteiger partial charge in [-0.2, -0.15) is 0 Å². The Morgan fingerprint density at radius 2 is 1.80 bits per heavy atom. The van der Waals surface area contributed by atoms with Crippen molar-refractivity contribution >= 4 is 34.8 Å². The number of piperidine rings is 1. The van der Waals surface area contributed by atoms with Crippen molar-refractivity contribution in [1.29, 1.82) is 0 Å². The van der Waals surface area contributed by atoms with Crippen LogP contribution in [0.3, 0.4) is 0 Å². The first kappa shape index (κ1) is 25.5. The largest absolute Gasteiger partial charge is 0.492 e. The first-order chi connectivity index (χ1) is 19.9. The molecule has 3 unspecified atom stereocenters. The standard InChI is InChI=1S/C31H30FN5O4/c32-19-1-3-20(4-2-19)36-29(38)31(10-11-31)30(39)37-28-8-6-23(16-34-28)41-27-9-12-33-26-15-22(5-7-24(26)27)40-17-21-13-18-14-25(18)35-21/h1-9,15-16,18,21,25,33,35H,10-14,17H2,(H,36,38)(H,34,37,39). The highest BCUT2D eigenvalue weighted by Gasteiger charge is 2.56. The number of carbonyl (C=O) groups excluding carboxylic acids is 2. The number of amides is 2. The Labute approximate surface area is 236 Å². The summed E-state index contributed by atoms with van der Waals surface area (Å²) in [5.41, 5.74) is 1.13. The van der Waals surface area contributed by atoms with Gasteiger partial charge in [-0.15, -0.1) is 0 Å². The van der Waals surface area contributed by atoms with Crippen molar-refractivity contribution in [2.24, 2.45) is 11.3 Å². The van der Waals surface area contributed by atoms with Crippen LogP contribution in [-0.4, -0.2) is 42.0 Å².